The van der Waals surface area contributed by atoms with Crippen molar-refractivity contribution in [3.8, 4) is 0 Å². The second-order valence-electron chi connectivity index (χ2n) is 11.8. The maximum atomic E-state index is 10.9. The highest BCUT2D eigenvalue weighted by atomic mass is 16.3. The Morgan fingerprint density at radius 3 is 2.30 bits per heavy atom. The molecule has 5 rings (SSSR count). The minimum Gasteiger partial charge on any atom is -0.512 e. The van der Waals surface area contributed by atoms with Crippen LogP contribution in [-0.2, 0) is 5.41 Å². The normalized spacial score (nSPS) is 31.3. The van der Waals surface area contributed by atoms with Gasteiger partial charge in [0.2, 0.25) is 0 Å². The highest BCUT2D eigenvalue weighted by molar-refractivity contribution is 5.94. The third-order valence-electron chi connectivity index (χ3n) is 7.51. The molecule has 2 aliphatic carbocycles. The number of piperidine rings is 1. The number of aliphatic hydroxyl groups is 1. The molecule has 1 aromatic rings. The minimum absolute atomic E-state index is 0.0968. The molecule has 4 N–H and O–H groups in total. The first-order valence-electron chi connectivity index (χ1n) is 12.2. The summed E-state index contributed by atoms with van der Waals surface area (Å²) >= 11 is 0. The molecule has 1 saturated carbocycles. The second kappa shape index (κ2) is 7.76. The zero-order chi connectivity index (χ0) is 23.4. The maximum absolute atomic E-state index is 10.9. The Kier molecular flexibility index (Phi) is 5.23. The Morgan fingerprint density at radius 1 is 1.03 bits per heavy atom. The first-order valence-corrected chi connectivity index (χ1v) is 12.2. The van der Waals surface area contributed by atoms with E-state index in [0.29, 0.717) is 24.3 Å². The summed E-state index contributed by atoms with van der Waals surface area (Å²) in [4.78, 5) is 2.56. The van der Waals surface area contributed by atoms with Crippen molar-refractivity contribution in [2.24, 2.45) is 5.10 Å². The van der Waals surface area contributed by atoms with Crippen molar-refractivity contribution in [1.29, 1.82) is 0 Å². The van der Waals surface area contributed by atoms with E-state index in [4.69, 9.17) is 5.10 Å². The van der Waals surface area contributed by atoms with Gasteiger partial charge in [0.05, 0.1) is 18.0 Å². The fourth-order valence-electron chi connectivity index (χ4n) is 6.13. The van der Waals surface area contributed by atoms with E-state index in [2.05, 4.69) is 78.7 Å². The van der Waals surface area contributed by atoms with Crippen LogP contribution in [0.3, 0.4) is 0 Å². The van der Waals surface area contributed by atoms with Crippen LogP contribution < -0.4 is 10.7 Å². The summed E-state index contributed by atoms with van der Waals surface area (Å²) in [6.45, 7) is 11.3. The van der Waals surface area contributed by atoms with E-state index in [9.17, 15) is 5.11 Å². The molecule has 33 heavy (non-hydrogen) atoms. The number of hydrogen-bond acceptors (Lipinski definition) is 6. The van der Waals surface area contributed by atoms with Crippen molar-refractivity contribution >= 4 is 5.84 Å². The number of amidine groups is 1. The predicted molar refractivity (Wildman–Crippen MR) is 132 cm³/mol. The van der Waals surface area contributed by atoms with Gasteiger partial charge in [-0.1, -0.05) is 25.2 Å². The molecule has 178 valence electrons. The van der Waals surface area contributed by atoms with Gasteiger partial charge >= 0.3 is 0 Å². The molecule has 2 aliphatic heterocycles. The van der Waals surface area contributed by atoms with Crippen LogP contribution in [0.1, 0.15) is 72.3 Å². The Balaban J connectivity index is 1.32. The SMILES string of the molecule is CC1(C)CC(N(C2=NNC(C3=C(O)CC(C)(c4cn[nH]c4)C=C3)C=C2)C2CC2)CC(C)(C)N1. The summed E-state index contributed by atoms with van der Waals surface area (Å²) in [6.07, 6.45) is 17.4. The largest absolute Gasteiger partial charge is 0.512 e. The molecule has 1 saturated heterocycles. The Labute approximate surface area is 197 Å². The van der Waals surface area contributed by atoms with Crippen LogP contribution in [-0.4, -0.2) is 55.2 Å². The lowest BCUT2D eigenvalue weighted by Gasteiger charge is -2.50. The lowest BCUT2D eigenvalue weighted by atomic mass is 9.75. The monoisotopic (exact) mass is 450 g/mol. The molecule has 0 amide bonds. The standard InChI is InChI=1S/C26H38N6O/c1-24(2)12-19(13-25(3,4)31-24)32(18-6-7-18)23-9-8-21(29-30-23)20-10-11-26(5,14-22(20)33)17-15-27-28-16-17/h8-11,15-16,18-19,21,29,31,33H,6-7,12-14H2,1-5H3,(H,27,28). The Morgan fingerprint density at radius 2 is 1.76 bits per heavy atom. The van der Waals surface area contributed by atoms with Gasteiger partial charge in [-0.15, -0.1) is 0 Å². The van der Waals surface area contributed by atoms with E-state index < -0.39 is 0 Å². The van der Waals surface area contributed by atoms with Gasteiger partial charge < -0.3 is 15.3 Å². The second-order valence-corrected chi connectivity index (χ2v) is 11.8. The zero-order valence-electron chi connectivity index (χ0n) is 20.5. The van der Waals surface area contributed by atoms with Crippen molar-refractivity contribution in [3.63, 3.8) is 0 Å². The van der Waals surface area contributed by atoms with E-state index >= 15 is 0 Å². The van der Waals surface area contributed by atoms with E-state index in [1.807, 2.05) is 18.5 Å². The minimum atomic E-state index is -0.259. The molecular weight excluding hydrogens is 412 g/mol. The van der Waals surface area contributed by atoms with Crippen LogP contribution >= 0.6 is 0 Å². The molecule has 0 spiro atoms. The average molecular weight is 451 g/mol. The number of aromatic nitrogens is 2. The van der Waals surface area contributed by atoms with E-state index in [-0.39, 0.29) is 22.5 Å². The summed E-state index contributed by atoms with van der Waals surface area (Å²) in [5.74, 6) is 1.43. The van der Waals surface area contributed by atoms with Crippen LogP contribution in [0.15, 0.2) is 53.1 Å². The maximum Gasteiger partial charge on any atom is 0.148 e. The van der Waals surface area contributed by atoms with Gasteiger partial charge in [0.25, 0.3) is 0 Å². The molecule has 7 nitrogen and oxygen atoms in total. The van der Waals surface area contributed by atoms with Crippen molar-refractivity contribution in [3.05, 3.63) is 53.6 Å². The third-order valence-corrected chi connectivity index (χ3v) is 7.51. The molecule has 1 aromatic heterocycles. The van der Waals surface area contributed by atoms with Crippen LogP contribution in [0.4, 0.5) is 0 Å². The molecule has 0 aromatic carbocycles. The highest BCUT2D eigenvalue weighted by Gasteiger charge is 2.45. The summed E-state index contributed by atoms with van der Waals surface area (Å²) in [5.41, 5.74) is 5.23. The van der Waals surface area contributed by atoms with Crippen molar-refractivity contribution in [2.45, 2.75) is 101 Å². The Hall–Kier alpha value is -2.54. The number of hydrazone groups is 1. The number of allylic oxidation sites excluding steroid dienone is 2. The lowest BCUT2D eigenvalue weighted by molar-refractivity contribution is 0.0999. The average Bonchev–Trinajstić information content (AvgIpc) is 3.36. The third kappa shape index (κ3) is 4.47. The Bertz CT molecular complexity index is 998. The van der Waals surface area contributed by atoms with Gasteiger partial charge in [-0.2, -0.15) is 10.2 Å². The number of hydrogen-bond donors (Lipinski definition) is 4. The molecular formula is C26H38N6O. The first-order chi connectivity index (χ1) is 15.6. The van der Waals surface area contributed by atoms with Crippen molar-refractivity contribution in [2.75, 3.05) is 0 Å². The van der Waals surface area contributed by atoms with Crippen LogP contribution in [0.25, 0.3) is 0 Å². The number of nitrogens with zero attached hydrogens (tertiary/aromatic N) is 3. The molecule has 0 bridgehead atoms. The molecule has 7 heteroatoms. The quantitative estimate of drug-likeness (QED) is 0.556. The first kappa shape index (κ1) is 22.3. The number of rotatable bonds is 4. The van der Waals surface area contributed by atoms with E-state index in [0.717, 1.165) is 29.8 Å². The molecule has 2 fully saturated rings. The van der Waals surface area contributed by atoms with Gasteiger partial charge in [-0.05, 0) is 65.0 Å². The van der Waals surface area contributed by atoms with Gasteiger partial charge in [-0.3, -0.25) is 10.5 Å². The predicted octanol–water partition coefficient (Wildman–Crippen LogP) is 4.05. The molecule has 2 unspecified atom stereocenters. The van der Waals surface area contributed by atoms with Crippen LogP contribution in [0.5, 0.6) is 0 Å². The van der Waals surface area contributed by atoms with Gasteiger partial charge in [0.15, 0.2) is 0 Å². The summed E-state index contributed by atoms with van der Waals surface area (Å²) < 4.78 is 0. The van der Waals surface area contributed by atoms with E-state index in [1.165, 1.54) is 12.8 Å². The van der Waals surface area contributed by atoms with Gasteiger partial charge in [0, 0.05) is 46.8 Å². The number of aliphatic hydroxyl groups excluding tert-OH is 1. The van der Waals surface area contributed by atoms with E-state index in [1.54, 1.807) is 0 Å². The van der Waals surface area contributed by atoms with Crippen LogP contribution in [0.2, 0.25) is 0 Å². The molecule has 0 radical (unpaired) electrons. The highest BCUT2D eigenvalue weighted by Crippen LogP contribution is 2.39. The van der Waals surface area contributed by atoms with Crippen molar-refractivity contribution in [1.82, 2.24) is 25.8 Å². The summed E-state index contributed by atoms with van der Waals surface area (Å²) in [6, 6.07) is 0.920. The smallest absolute Gasteiger partial charge is 0.148 e. The molecule has 3 heterocycles. The van der Waals surface area contributed by atoms with Gasteiger partial charge in [-0.25, -0.2) is 0 Å². The van der Waals surface area contributed by atoms with Crippen molar-refractivity contribution < 1.29 is 5.11 Å². The zero-order valence-corrected chi connectivity index (χ0v) is 20.5. The number of H-pyrrole nitrogens is 1. The summed E-state index contributed by atoms with van der Waals surface area (Å²) in [5, 5.41) is 26.5. The fraction of sp³-hybridized carbons (Fsp3) is 0.615. The lowest BCUT2D eigenvalue weighted by Crippen LogP contribution is -2.63. The fourth-order valence-corrected chi connectivity index (χ4v) is 6.13. The molecule has 2 atom stereocenters. The summed E-state index contributed by atoms with van der Waals surface area (Å²) in [7, 11) is 0. The number of nitrogens with one attached hydrogen (secondary N) is 3. The van der Waals surface area contributed by atoms with Gasteiger partial charge in [0.1, 0.15) is 5.84 Å². The molecule has 4 aliphatic rings. The van der Waals surface area contributed by atoms with Crippen LogP contribution in [0, 0.1) is 0 Å². The number of aromatic amines is 1. The topological polar surface area (TPSA) is 88.6 Å².